The van der Waals surface area contributed by atoms with Crippen LogP contribution in [0.5, 0.6) is 5.75 Å². The van der Waals surface area contributed by atoms with Gasteiger partial charge in [0.25, 0.3) is 17.7 Å². The van der Waals surface area contributed by atoms with Crippen molar-refractivity contribution in [3.63, 3.8) is 0 Å². The highest BCUT2D eigenvalue weighted by Crippen LogP contribution is 2.38. The Morgan fingerprint density at radius 1 is 1.26 bits per heavy atom. The molecule has 27 heavy (non-hydrogen) atoms. The minimum absolute atomic E-state index is 0.00322. The Bertz CT molecular complexity index is 796. The quantitative estimate of drug-likeness (QED) is 0.456. The van der Waals surface area contributed by atoms with Gasteiger partial charge in [-0.15, -0.1) is 0 Å². The fraction of sp³-hybridized carbons (Fsp3) is 0.444. The second-order valence-electron chi connectivity index (χ2n) is 6.96. The number of aromatic hydroxyl groups is 1. The molecule has 1 aromatic carbocycles. The van der Waals surface area contributed by atoms with Gasteiger partial charge in [-0.3, -0.25) is 30.1 Å². The molecule has 144 valence electrons. The highest BCUT2D eigenvalue weighted by molar-refractivity contribution is 6.09. The van der Waals surface area contributed by atoms with Crippen LogP contribution < -0.4 is 16.2 Å². The molecular weight excluding hydrogens is 352 g/mol. The molecule has 1 saturated heterocycles. The zero-order chi connectivity index (χ0) is 19.6. The van der Waals surface area contributed by atoms with E-state index >= 15 is 0 Å². The standard InChI is InChI=1S/C18H22N4O5/c1-11-6-4-5-9-18(11)16(26)22(17(27)19-18)10-14(24)20-21-15(25)12-7-2-3-8-13(12)23/h2-3,7-8,11,23H,4-6,9-10H2,1H3,(H,19,27)(H,20,24)(H,21,25). The van der Waals surface area contributed by atoms with Crippen LogP contribution in [0.4, 0.5) is 4.79 Å². The Labute approximate surface area is 156 Å². The summed E-state index contributed by atoms with van der Waals surface area (Å²) in [6.45, 7) is 1.42. The van der Waals surface area contributed by atoms with Crippen molar-refractivity contribution in [1.82, 2.24) is 21.1 Å². The number of carbonyl (C=O) groups excluding carboxylic acids is 4. The summed E-state index contributed by atoms with van der Waals surface area (Å²) in [4.78, 5) is 50.0. The van der Waals surface area contributed by atoms with Crippen LogP contribution in [-0.4, -0.2) is 45.8 Å². The highest BCUT2D eigenvalue weighted by atomic mass is 16.3. The first-order valence-corrected chi connectivity index (χ1v) is 8.86. The van der Waals surface area contributed by atoms with Crippen LogP contribution in [-0.2, 0) is 9.59 Å². The molecule has 2 fully saturated rings. The second kappa shape index (κ2) is 7.26. The summed E-state index contributed by atoms with van der Waals surface area (Å²) in [5, 5.41) is 12.4. The normalized spacial score (nSPS) is 24.6. The van der Waals surface area contributed by atoms with Gasteiger partial charge < -0.3 is 10.4 Å². The Hall–Kier alpha value is -3.10. The summed E-state index contributed by atoms with van der Waals surface area (Å²) >= 11 is 0. The number of nitrogens with one attached hydrogen (secondary N) is 3. The van der Waals surface area contributed by atoms with Crippen molar-refractivity contribution >= 4 is 23.8 Å². The minimum Gasteiger partial charge on any atom is -0.507 e. The van der Waals surface area contributed by atoms with Gasteiger partial charge in [-0.25, -0.2) is 4.79 Å². The van der Waals surface area contributed by atoms with Gasteiger partial charge in [0, 0.05) is 0 Å². The molecule has 1 saturated carbocycles. The number of imide groups is 1. The molecule has 2 unspecified atom stereocenters. The number of benzene rings is 1. The summed E-state index contributed by atoms with van der Waals surface area (Å²) in [7, 11) is 0. The fourth-order valence-corrected chi connectivity index (χ4v) is 3.68. The number of nitrogens with zero attached hydrogens (tertiary/aromatic N) is 1. The third kappa shape index (κ3) is 3.44. The van der Waals surface area contributed by atoms with Gasteiger partial charge in [0.05, 0.1) is 5.56 Å². The Kier molecular flexibility index (Phi) is 5.02. The molecular formula is C18H22N4O5. The van der Waals surface area contributed by atoms with Crippen molar-refractivity contribution in [2.45, 2.75) is 38.1 Å². The number of phenolic OH excluding ortho intramolecular Hbond substituents is 1. The van der Waals surface area contributed by atoms with Crippen molar-refractivity contribution in [1.29, 1.82) is 0 Å². The van der Waals surface area contributed by atoms with Crippen molar-refractivity contribution in [2.75, 3.05) is 6.54 Å². The molecule has 1 spiro atoms. The monoisotopic (exact) mass is 374 g/mol. The Morgan fingerprint density at radius 2 is 2.00 bits per heavy atom. The van der Waals surface area contributed by atoms with Crippen molar-refractivity contribution in [3.05, 3.63) is 29.8 Å². The van der Waals surface area contributed by atoms with E-state index in [1.807, 2.05) is 6.92 Å². The number of hydrogen-bond donors (Lipinski definition) is 4. The van der Waals surface area contributed by atoms with E-state index in [1.54, 1.807) is 12.1 Å². The largest absolute Gasteiger partial charge is 0.507 e. The lowest BCUT2D eigenvalue weighted by molar-refractivity contribution is -0.137. The van der Waals surface area contributed by atoms with Gasteiger partial charge in [0.2, 0.25) is 0 Å². The molecule has 1 aliphatic heterocycles. The van der Waals surface area contributed by atoms with Crippen LogP contribution in [0.2, 0.25) is 0 Å². The van der Waals surface area contributed by atoms with Gasteiger partial charge in [-0.05, 0) is 30.9 Å². The van der Waals surface area contributed by atoms with Crippen molar-refractivity contribution < 1.29 is 24.3 Å². The van der Waals surface area contributed by atoms with Crippen LogP contribution in [0, 0.1) is 5.92 Å². The summed E-state index contributed by atoms with van der Waals surface area (Å²) in [6, 6.07) is 5.26. The number of hydrogen-bond acceptors (Lipinski definition) is 5. The SMILES string of the molecule is CC1CCCCC12NC(=O)N(CC(=O)NNC(=O)c1ccccc1O)C2=O. The molecule has 2 atom stereocenters. The fourth-order valence-electron chi connectivity index (χ4n) is 3.68. The van der Waals surface area contributed by atoms with Crippen LogP contribution in [0.15, 0.2) is 24.3 Å². The molecule has 5 amide bonds. The molecule has 4 N–H and O–H groups in total. The molecule has 0 radical (unpaired) electrons. The predicted molar refractivity (Wildman–Crippen MR) is 94.3 cm³/mol. The number of para-hydroxylation sites is 1. The third-order valence-electron chi connectivity index (χ3n) is 5.27. The maximum absolute atomic E-state index is 12.8. The zero-order valence-corrected chi connectivity index (χ0v) is 14.9. The lowest BCUT2D eigenvalue weighted by Gasteiger charge is -2.36. The maximum atomic E-state index is 12.8. The molecule has 1 aliphatic carbocycles. The van der Waals surface area contributed by atoms with E-state index < -0.39 is 35.8 Å². The molecule has 9 nitrogen and oxygen atoms in total. The van der Waals surface area contributed by atoms with Crippen LogP contribution in [0.1, 0.15) is 43.0 Å². The molecule has 1 aromatic rings. The van der Waals surface area contributed by atoms with E-state index in [0.29, 0.717) is 6.42 Å². The number of rotatable bonds is 3. The Balaban J connectivity index is 1.59. The lowest BCUT2D eigenvalue weighted by atomic mass is 9.73. The van der Waals surface area contributed by atoms with E-state index in [-0.39, 0.29) is 17.2 Å². The molecule has 9 heteroatoms. The van der Waals surface area contributed by atoms with Gasteiger partial charge in [0.15, 0.2) is 0 Å². The summed E-state index contributed by atoms with van der Waals surface area (Å²) in [6.07, 6.45) is 3.24. The summed E-state index contributed by atoms with van der Waals surface area (Å²) < 4.78 is 0. The second-order valence-corrected chi connectivity index (χ2v) is 6.96. The first kappa shape index (κ1) is 18.7. The van der Waals surface area contributed by atoms with E-state index in [1.165, 1.54) is 12.1 Å². The van der Waals surface area contributed by atoms with Gasteiger partial charge >= 0.3 is 6.03 Å². The first-order valence-electron chi connectivity index (χ1n) is 8.86. The van der Waals surface area contributed by atoms with Crippen molar-refractivity contribution in [3.8, 4) is 5.75 Å². The first-order chi connectivity index (χ1) is 12.8. The average Bonchev–Trinajstić information content (AvgIpc) is 2.87. The average molecular weight is 374 g/mol. The number of phenols is 1. The number of amides is 5. The minimum atomic E-state index is -0.936. The third-order valence-corrected chi connectivity index (χ3v) is 5.27. The smallest absolute Gasteiger partial charge is 0.325 e. The number of urea groups is 1. The van der Waals surface area contributed by atoms with Crippen molar-refractivity contribution in [2.24, 2.45) is 5.92 Å². The molecule has 1 heterocycles. The van der Waals surface area contributed by atoms with Crippen LogP contribution >= 0.6 is 0 Å². The summed E-state index contributed by atoms with van der Waals surface area (Å²) in [5.74, 6) is -2.07. The van der Waals surface area contributed by atoms with E-state index in [4.69, 9.17) is 0 Å². The summed E-state index contributed by atoms with van der Waals surface area (Å²) in [5.41, 5.74) is 3.36. The molecule has 3 rings (SSSR count). The molecule has 2 aliphatic rings. The van der Waals surface area contributed by atoms with E-state index in [0.717, 1.165) is 24.2 Å². The van der Waals surface area contributed by atoms with Crippen LogP contribution in [0.25, 0.3) is 0 Å². The van der Waals surface area contributed by atoms with E-state index in [2.05, 4.69) is 16.2 Å². The van der Waals surface area contributed by atoms with Gasteiger partial charge in [-0.1, -0.05) is 31.9 Å². The molecule has 0 bridgehead atoms. The topological polar surface area (TPSA) is 128 Å². The number of carbonyl (C=O) groups is 4. The number of hydrazine groups is 1. The molecule has 0 aromatic heterocycles. The van der Waals surface area contributed by atoms with Gasteiger partial charge in [0.1, 0.15) is 17.8 Å². The van der Waals surface area contributed by atoms with E-state index in [9.17, 15) is 24.3 Å². The maximum Gasteiger partial charge on any atom is 0.325 e. The van der Waals surface area contributed by atoms with Crippen LogP contribution in [0.3, 0.4) is 0 Å². The zero-order valence-electron chi connectivity index (χ0n) is 14.9. The highest BCUT2D eigenvalue weighted by Gasteiger charge is 2.55. The van der Waals surface area contributed by atoms with Gasteiger partial charge in [-0.2, -0.15) is 0 Å². The lowest BCUT2D eigenvalue weighted by Crippen LogP contribution is -2.54. The predicted octanol–water partition coefficient (Wildman–Crippen LogP) is 0.654. The Morgan fingerprint density at radius 3 is 2.70 bits per heavy atom.